The van der Waals surface area contributed by atoms with E-state index in [1.165, 1.54) is 29.0 Å². The molecule has 0 saturated carbocycles. The van der Waals surface area contributed by atoms with E-state index in [9.17, 15) is 19.7 Å². The number of ether oxygens (including phenoxy) is 1. The lowest BCUT2D eigenvalue weighted by molar-refractivity contribution is -0.402. The zero-order valence-corrected chi connectivity index (χ0v) is 16.7. The number of esters is 1. The van der Waals surface area contributed by atoms with Gasteiger partial charge in [0.15, 0.2) is 4.80 Å². The minimum atomic E-state index is -0.755. The van der Waals surface area contributed by atoms with Gasteiger partial charge in [-0.15, -0.1) is 0 Å². The Labute approximate surface area is 172 Å². The number of hydrogen-bond donors (Lipinski definition) is 0. The molecule has 0 unspecified atom stereocenters. The molecule has 11 heteroatoms. The minimum absolute atomic E-state index is 0.160. The molecule has 0 bridgehead atoms. The zero-order chi connectivity index (χ0) is 21.4. The number of hydrogen-bond acceptors (Lipinski definition) is 9. The second-order valence-electron chi connectivity index (χ2n) is 6.23. The Balaban J connectivity index is 1.91. The summed E-state index contributed by atoms with van der Waals surface area (Å²) in [7, 11) is 0. The predicted molar refractivity (Wildman–Crippen MR) is 105 cm³/mol. The third-order valence-electron chi connectivity index (χ3n) is 4.42. The Hall–Kier alpha value is -3.73. The first kappa shape index (κ1) is 19.6. The quantitative estimate of drug-likeness (QED) is 0.344. The average Bonchev–Trinajstić information content (AvgIpc) is 3.43. The molecule has 0 aromatic carbocycles. The van der Waals surface area contributed by atoms with Gasteiger partial charge in [-0.2, -0.15) is 0 Å². The third kappa shape index (κ3) is 3.28. The van der Waals surface area contributed by atoms with Gasteiger partial charge in [0.25, 0.3) is 5.56 Å². The van der Waals surface area contributed by atoms with Gasteiger partial charge < -0.3 is 13.6 Å². The van der Waals surface area contributed by atoms with Crippen molar-refractivity contribution in [2.45, 2.75) is 19.9 Å². The van der Waals surface area contributed by atoms with Crippen LogP contribution < -0.4 is 14.9 Å². The standard InChI is InChI=1S/C19H15N3O7S/c1-3-27-18(24)15-10(2)21-17(23)13(9-11-6-7-14(29-11)22(25)26)30-19(21)20-16(15)12-5-4-8-28-12/h4-9,16H,3H2,1-2H3/b13-9+/t16-/m0/s1. The predicted octanol–water partition coefficient (Wildman–Crippen LogP) is 2.00. The number of furan rings is 2. The van der Waals surface area contributed by atoms with E-state index in [0.717, 1.165) is 11.3 Å². The van der Waals surface area contributed by atoms with Crippen LogP contribution in [-0.2, 0) is 9.53 Å². The number of thiazole rings is 1. The van der Waals surface area contributed by atoms with Crippen LogP contribution >= 0.6 is 11.3 Å². The van der Waals surface area contributed by atoms with Gasteiger partial charge in [-0.1, -0.05) is 11.3 Å². The van der Waals surface area contributed by atoms with Crippen LogP contribution in [-0.4, -0.2) is 22.1 Å². The van der Waals surface area contributed by atoms with E-state index >= 15 is 0 Å². The molecule has 1 aliphatic heterocycles. The molecular weight excluding hydrogens is 414 g/mol. The normalized spacial score (nSPS) is 16.3. The highest BCUT2D eigenvalue weighted by Crippen LogP contribution is 2.32. The van der Waals surface area contributed by atoms with Crippen LogP contribution in [0, 0.1) is 10.1 Å². The minimum Gasteiger partial charge on any atom is -0.467 e. The van der Waals surface area contributed by atoms with Crippen LogP contribution in [0.15, 0.2) is 54.7 Å². The third-order valence-corrected chi connectivity index (χ3v) is 5.40. The van der Waals surface area contributed by atoms with Crippen LogP contribution in [0.5, 0.6) is 0 Å². The fraction of sp³-hybridized carbons (Fsp3) is 0.211. The van der Waals surface area contributed by atoms with E-state index in [1.807, 2.05) is 0 Å². The summed E-state index contributed by atoms with van der Waals surface area (Å²) < 4.78 is 17.3. The number of nitro groups is 1. The monoisotopic (exact) mass is 429 g/mol. The summed E-state index contributed by atoms with van der Waals surface area (Å²) in [4.78, 5) is 40.7. The molecule has 10 nitrogen and oxygen atoms in total. The lowest BCUT2D eigenvalue weighted by atomic mass is 10.0. The summed E-state index contributed by atoms with van der Waals surface area (Å²) in [5.41, 5.74) is 0.167. The summed E-state index contributed by atoms with van der Waals surface area (Å²) in [6.45, 7) is 3.49. The van der Waals surface area contributed by atoms with Crippen molar-refractivity contribution in [3.63, 3.8) is 0 Å². The number of carbonyl (C=O) groups is 1. The molecule has 4 heterocycles. The maximum Gasteiger partial charge on any atom is 0.433 e. The average molecular weight is 429 g/mol. The van der Waals surface area contributed by atoms with Crippen molar-refractivity contribution in [2.75, 3.05) is 6.61 Å². The molecule has 3 aromatic heterocycles. The Kier molecular flexibility index (Phi) is 4.96. The number of nitrogens with zero attached hydrogens (tertiary/aromatic N) is 3. The highest BCUT2D eigenvalue weighted by atomic mass is 32.1. The molecule has 0 N–H and O–H groups in total. The van der Waals surface area contributed by atoms with Gasteiger partial charge in [0.2, 0.25) is 0 Å². The van der Waals surface area contributed by atoms with Crippen molar-refractivity contribution >= 4 is 35.0 Å². The first-order chi connectivity index (χ1) is 14.4. The molecule has 0 spiro atoms. The Morgan fingerprint density at radius 3 is 2.87 bits per heavy atom. The first-order valence-corrected chi connectivity index (χ1v) is 9.69. The molecular formula is C19H15N3O7S. The van der Waals surface area contributed by atoms with Crippen LogP contribution in [0.1, 0.15) is 31.4 Å². The van der Waals surface area contributed by atoms with Crippen LogP contribution in [0.2, 0.25) is 0 Å². The highest BCUT2D eigenvalue weighted by molar-refractivity contribution is 7.07. The van der Waals surface area contributed by atoms with E-state index < -0.39 is 28.4 Å². The van der Waals surface area contributed by atoms with E-state index in [1.54, 1.807) is 26.0 Å². The van der Waals surface area contributed by atoms with Gasteiger partial charge in [-0.3, -0.25) is 19.5 Å². The van der Waals surface area contributed by atoms with Crippen LogP contribution in [0.3, 0.4) is 0 Å². The second-order valence-corrected chi connectivity index (χ2v) is 7.24. The molecule has 4 rings (SSSR count). The van der Waals surface area contributed by atoms with E-state index in [-0.39, 0.29) is 22.5 Å². The molecule has 1 atom stereocenters. The van der Waals surface area contributed by atoms with Gasteiger partial charge in [-0.05, 0) is 32.0 Å². The van der Waals surface area contributed by atoms with E-state index in [0.29, 0.717) is 16.3 Å². The molecule has 154 valence electrons. The van der Waals surface area contributed by atoms with Gasteiger partial charge in [0, 0.05) is 11.8 Å². The fourth-order valence-electron chi connectivity index (χ4n) is 3.12. The van der Waals surface area contributed by atoms with Crippen molar-refractivity contribution in [1.29, 1.82) is 0 Å². The SMILES string of the molecule is CCOC(=O)C1=C(C)n2c(s/c(=C/c3ccc([N+](=O)[O-])o3)c2=O)=N[C@H]1c1ccco1. The Bertz CT molecular complexity index is 1340. The van der Waals surface area contributed by atoms with Crippen LogP contribution in [0.4, 0.5) is 5.88 Å². The number of carbonyl (C=O) groups excluding carboxylic acids is 1. The number of rotatable bonds is 5. The molecule has 0 aliphatic carbocycles. The van der Waals surface area contributed by atoms with Crippen molar-refractivity contribution in [3.05, 3.63) is 77.4 Å². The Morgan fingerprint density at radius 2 is 2.23 bits per heavy atom. The van der Waals surface area contributed by atoms with Gasteiger partial charge in [0.1, 0.15) is 27.0 Å². The molecule has 0 radical (unpaired) electrons. The molecule has 30 heavy (non-hydrogen) atoms. The summed E-state index contributed by atoms with van der Waals surface area (Å²) in [6.07, 6.45) is 2.88. The largest absolute Gasteiger partial charge is 0.467 e. The summed E-state index contributed by atoms with van der Waals surface area (Å²) in [6, 6.07) is 5.23. The summed E-state index contributed by atoms with van der Waals surface area (Å²) in [5.74, 6) is -0.411. The lowest BCUT2D eigenvalue weighted by Crippen LogP contribution is -2.35. The fourth-order valence-corrected chi connectivity index (χ4v) is 4.14. The van der Waals surface area contributed by atoms with Crippen molar-refractivity contribution in [3.8, 4) is 0 Å². The van der Waals surface area contributed by atoms with Crippen LogP contribution in [0.25, 0.3) is 11.8 Å². The molecule has 1 aliphatic rings. The summed E-state index contributed by atoms with van der Waals surface area (Å²) in [5, 5.41) is 10.8. The number of allylic oxidation sites excluding steroid dienone is 1. The van der Waals surface area contributed by atoms with Crippen molar-refractivity contribution < 1.29 is 23.3 Å². The van der Waals surface area contributed by atoms with Gasteiger partial charge >= 0.3 is 11.9 Å². The molecule has 0 fully saturated rings. The number of fused-ring (bicyclic) bond motifs is 1. The maximum absolute atomic E-state index is 13.0. The first-order valence-electron chi connectivity index (χ1n) is 8.88. The van der Waals surface area contributed by atoms with Crippen molar-refractivity contribution in [2.24, 2.45) is 4.99 Å². The molecule has 0 saturated heterocycles. The zero-order valence-electron chi connectivity index (χ0n) is 15.9. The lowest BCUT2D eigenvalue weighted by Gasteiger charge is -2.20. The summed E-state index contributed by atoms with van der Waals surface area (Å²) >= 11 is 1.08. The maximum atomic E-state index is 13.0. The van der Waals surface area contributed by atoms with E-state index in [2.05, 4.69) is 4.99 Å². The topological polar surface area (TPSA) is 130 Å². The van der Waals surface area contributed by atoms with E-state index in [4.69, 9.17) is 13.6 Å². The van der Waals surface area contributed by atoms with Gasteiger partial charge in [-0.25, -0.2) is 9.79 Å². The second kappa shape index (κ2) is 7.59. The smallest absolute Gasteiger partial charge is 0.433 e. The Morgan fingerprint density at radius 1 is 1.43 bits per heavy atom. The molecule has 3 aromatic rings. The molecule has 0 amide bonds. The number of aromatic nitrogens is 1. The van der Waals surface area contributed by atoms with Gasteiger partial charge in [0.05, 0.1) is 24.5 Å². The van der Waals surface area contributed by atoms with Crippen molar-refractivity contribution in [1.82, 2.24) is 4.57 Å². The highest BCUT2D eigenvalue weighted by Gasteiger charge is 2.32.